The Kier molecular flexibility index (Phi) is 3.78. The lowest BCUT2D eigenvalue weighted by Crippen LogP contribution is -2.13. The van der Waals surface area contributed by atoms with Crippen molar-refractivity contribution in [2.75, 3.05) is 5.32 Å². The zero-order valence-corrected chi connectivity index (χ0v) is 13.8. The van der Waals surface area contributed by atoms with E-state index in [4.69, 9.17) is 17.3 Å². The summed E-state index contributed by atoms with van der Waals surface area (Å²) in [4.78, 5) is 11.5. The maximum absolute atomic E-state index is 11.5. The van der Waals surface area contributed by atoms with Gasteiger partial charge in [-0.2, -0.15) is 0 Å². The first kappa shape index (κ1) is 14.6. The predicted octanol–water partition coefficient (Wildman–Crippen LogP) is 3.95. The standard InChI is InChI=1S/C16H14BrClN2O/c1-8-2-3-10(12(17)4-8)16(19)11-5-9-6-15(21)20-14(9)7-13(11)18/h2-5,7,16H,6,19H2,1H3,(H,20,21). The Labute approximate surface area is 136 Å². The summed E-state index contributed by atoms with van der Waals surface area (Å²) >= 11 is 9.89. The van der Waals surface area contributed by atoms with Crippen molar-refractivity contribution in [1.82, 2.24) is 0 Å². The molecule has 0 fully saturated rings. The van der Waals surface area contributed by atoms with Gasteiger partial charge in [-0.05, 0) is 47.4 Å². The van der Waals surface area contributed by atoms with Crippen LogP contribution in [0.4, 0.5) is 5.69 Å². The number of carbonyl (C=O) groups is 1. The van der Waals surface area contributed by atoms with Crippen molar-refractivity contribution in [2.45, 2.75) is 19.4 Å². The van der Waals surface area contributed by atoms with Gasteiger partial charge < -0.3 is 11.1 Å². The van der Waals surface area contributed by atoms with E-state index in [2.05, 4.69) is 21.2 Å². The molecular weight excluding hydrogens is 352 g/mol. The fourth-order valence-corrected chi connectivity index (χ4v) is 3.58. The van der Waals surface area contributed by atoms with Crippen LogP contribution in [0.1, 0.15) is 28.3 Å². The summed E-state index contributed by atoms with van der Waals surface area (Å²) in [6.07, 6.45) is 0.376. The summed E-state index contributed by atoms with van der Waals surface area (Å²) in [5.74, 6) is -0.0108. The first-order valence-electron chi connectivity index (χ1n) is 6.59. The summed E-state index contributed by atoms with van der Waals surface area (Å²) in [5, 5.41) is 3.36. The van der Waals surface area contributed by atoms with Crippen LogP contribution in [0.3, 0.4) is 0 Å². The molecule has 0 saturated heterocycles. The lowest BCUT2D eigenvalue weighted by molar-refractivity contribution is -0.115. The van der Waals surface area contributed by atoms with Gasteiger partial charge in [-0.1, -0.05) is 39.7 Å². The summed E-state index contributed by atoms with van der Waals surface area (Å²) in [6, 6.07) is 9.41. The average molecular weight is 366 g/mol. The molecule has 108 valence electrons. The molecule has 1 aliphatic heterocycles. The SMILES string of the molecule is Cc1ccc(C(N)c2cc3c(cc2Cl)NC(=O)C3)c(Br)c1. The van der Waals surface area contributed by atoms with Crippen molar-refractivity contribution >= 4 is 39.1 Å². The van der Waals surface area contributed by atoms with E-state index in [0.717, 1.165) is 32.4 Å². The van der Waals surface area contributed by atoms with Crippen molar-refractivity contribution in [2.24, 2.45) is 5.73 Å². The molecule has 1 heterocycles. The Morgan fingerprint density at radius 3 is 2.76 bits per heavy atom. The minimum absolute atomic E-state index is 0.0108. The Morgan fingerprint density at radius 2 is 2.05 bits per heavy atom. The molecule has 1 aliphatic rings. The summed E-state index contributed by atoms with van der Waals surface area (Å²) in [6.45, 7) is 2.03. The molecule has 0 saturated carbocycles. The Hall–Kier alpha value is -1.36. The molecule has 1 amide bonds. The van der Waals surface area contributed by atoms with E-state index < -0.39 is 0 Å². The van der Waals surface area contributed by atoms with Crippen LogP contribution in [0.15, 0.2) is 34.8 Å². The third kappa shape index (κ3) is 2.71. The smallest absolute Gasteiger partial charge is 0.228 e. The molecule has 3 rings (SSSR count). The molecule has 2 aromatic rings. The number of nitrogens with two attached hydrogens (primary N) is 1. The van der Waals surface area contributed by atoms with Crippen LogP contribution in [0, 0.1) is 6.92 Å². The first-order valence-corrected chi connectivity index (χ1v) is 7.76. The van der Waals surface area contributed by atoms with Gasteiger partial charge >= 0.3 is 0 Å². The monoisotopic (exact) mass is 364 g/mol. The number of halogens is 2. The molecule has 1 atom stereocenters. The van der Waals surface area contributed by atoms with Crippen LogP contribution in [0.25, 0.3) is 0 Å². The average Bonchev–Trinajstić information content (AvgIpc) is 2.76. The van der Waals surface area contributed by atoms with Crippen LogP contribution < -0.4 is 11.1 Å². The first-order chi connectivity index (χ1) is 9.95. The number of fused-ring (bicyclic) bond motifs is 1. The minimum Gasteiger partial charge on any atom is -0.325 e. The number of rotatable bonds is 2. The molecule has 21 heavy (non-hydrogen) atoms. The van der Waals surface area contributed by atoms with E-state index in [1.165, 1.54) is 0 Å². The van der Waals surface area contributed by atoms with E-state index in [1.807, 2.05) is 31.2 Å². The Balaban J connectivity index is 2.04. The highest BCUT2D eigenvalue weighted by atomic mass is 79.9. The van der Waals surface area contributed by atoms with Gasteiger partial charge in [0.25, 0.3) is 0 Å². The van der Waals surface area contributed by atoms with Crippen molar-refractivity contribution in [3.8, 4) is 0 Å². The zero-order chi connectivity index (χ0) is 15.1. The van der Waals surface area contributed by atoms with Gasteiger partial charge in [-0.3, -0.25) is 4.79 Å². The second-order valence-electron chi connectivity index (χ2n) is 5.26. The van der Waals surface area contributed by atoms with Crippen molar-refractivity contribution in [3.05, 3.63) is 62.1 Å². The molecule has 3 N–H and O–H groups in total. The van der Waals surface area contributed by atoms with Crippen LogP contribution >= 0.6 is 27.5 Å². The molecular formula is C16H14BrClN2O. The highest BCUT2D eigenvalue weighted by Crippen LogP contribution is 2.36. The number of benzene rings is 2. The molecule has 2 aromatic carbocycles. The Morgan fingerprint density at radius 1 is 1.29 bits per heavy atom. The molecule has 1 unspecified atom stereocenters. The van der Waals surface area contributed by atoms with E-state index in [-0.39, 0.29) is 11.9 Å². The van der Waals surface area contributed by atoms with E-state index in [9.17, 15) is 4.79 Å². The van der Waals surface area contributed by atoms with Gasteiger partial charge in [-0.15, -0.1) is 0 Å². The number of amides is 1. The van der Waals surface area contributed by atoms with Crippen LogP contribution in [0.5, 0.6) is 0 Å². The highest BCUT2D eigenvalue weighted by molar-refractivity contribution is 9.10. The molecule has 0 spiro atoms. The van der Waals surface area contributed by atoms with E-state index >= 15 is 0 Å². The predicted molar refractivity (Wildman–Crippen MR) is 88.7 cm³/mol. The summed E-state index contributed by atoms with van der Waals surface area (Å²) < 4.78 is 0.959. The Bertz CT molecular complexity index is 745. The van der Waals surface area contributed by atoms with Gasteiger partial charge in [0.05, 0.1) is 12.5 Å². The molecule has 0 aromatic heterocycles. The second kappa shape index (κ2) is 5.44. The fourth-order valence-electron chi connectivity index (χ4n) is 2.56. The third-order valence-electron chi connectivity index (χ3n) is 3.67. The topological polar surface area (TPSA) is 55.1 Å². The third-order valence-corrected chi connectivity index (χ3v) is 4.69. The van der Waals surface area contributed by atoms with E-state index in [1.54, 1.807) is 6.07 Å². The van der Waals surface area contributed by atoms with Crippen LogP contribution in [-0.4, -0.2) is 5.91 Å². The largest absolute Gasteiger partial charge is 0.325 e. The minimum atomic E-state index is -0.339. The number of anilines is 1. The van der Waals surface area contributed by atoms with Crippen molar-refractivity contribution < 1.29 is 4.79 Å². The van der Waals surface area contributed by atoms with Gasteiger partial charge in [0.2, 0.25) is 5.91 Å². The lowest BCUT2D eigenvalue weighted by Gasteiger charge is -2.17. The van der Waals surface area contributed by atoms with Gasteiger partial charge in [0.1, 0.15) is 0 Å². The summed E-state index contributed by atoms with van der Waals surface area (Å²) in [7, 11) is 0. The number of aryl methyl sites for hydroxylation is 1. The fraction of sp³-hybridized carbons (Fsp3) is 0.188. The lowest BCUT2D eigenvalue weighted by atomic mass is 9.96. The second-order valence-corrected chi connectivity index (χ2v) is 6.52. The van der Waals surface area contributed by atoms with Gasteiger partial charge in [0, 0.05) is 15.2 Å². The molecule has 0 aliphatic carbocycles. The number of hydrogen-bond donors (Lipinski definition) is 2. The maximum Gasteiger partial charge on any atom is 0.228 e. The molecule has 0 bridgehead atoms. The molecule has 0 radical (unpaired) electrons. The number of nitrogens with one attached hydrogen (secondary N) is 1. The molecule has 5 heteroatoms. The zero-order valence-electron chi connectivity index (χ0n) is 11.4. The van der Waals surface area contributed by atoms with E-state index in [0.29, 0.717) is 11.4 Å². The normalized spacial score (nSPS) is 14.8. The maximum atomic E-state index is 11.5. The highest BCUT2D eigenvalue weighted by Gasteiger charge is 2.23. The number of hydrogen-bond acceptors (Lipinski definition) is 2. The summed E-state index contributed by atoms with van der Waals surface area (Å²) in [5.41, 5.74) is 11.1. The molecule has 3 nitrogen and oxygen atoms in total. The van der Waals surface area contributed by atoms with Gasteiger partial charge in [0.15, 0.2) is 0 Å². The quantitative estimate of drug-likeness (QED) is 0.846. The van der Waals surface area contributed by atoms with Gasteiger partial charge in [-0.25, -0.2) is 0 Å². The van der Waals surface area contributed by atoms with Crippen LogP contribution in [-0.2, 0) is 11.2 Å². The van der Waals surface area contributed by atoms with Crippen molar-refractivity contribution in [3.63, 3.8) is 0 Å². The van der Waals surface area contributed by atoms with Crippen LogP contribution in [0.2, 0.25) is 5.02 Å². The number of carbonyl (C=O) groups excluding carboxylic acids is 1. The van der Waals surface area contributed by atoms with Crippen molar-refractivity contribution in [1.29, 1.82) is 0 Å².